The van der Waals surface area contributed by atoms with Crippen molar-refractivity contribution in [3.05, 3.63) is 29.7 Å². The number of thioether (sulfide) groups is 1. The highest BCUT2D eigenvalue weighted by Crippen LogP contribution is 2.28. The van der Waals surface area contributed by atoms with Crippen LogP contribution in [0.1, 0.15) is 29.2 Å². The van der Waals surface area contributed by atoms with E-state index in [0.717, 1.165) is 12.2 Å². The third kappa shape index (κ3) is 2.45. The van der Waals surface area contributed by atoms with Gasteiger partial charge in [-0.05, 0) is 30.7 Å². The van der Waals surface area contributed by atoms with Crippen LogP contribution in [0.3, 0.4) is 0 Å². The van der Waals surface area contributed by atoms with Crippen molar-refractivity contribution in [2.24, 2.45) is 0 Å². The van der Waals surface area contributed by atoms with E-state index in [0.29, 0.717) is 16.6 Å². The normalized spacial score (nSPS) is 18.9. The molecule has 0 amide bonds. The van der Waals surface area contributed by atoms with Crippen LogP contribution in [-0.4, -0.2) is 38.7 Å². The Kier molecular flexibility index (Phi) is 3.42. The van der Waals surface area contributed by atoms with Gasteiger partial charge in [0.25, 0.3) is 0 Å². The number of hydrogen-bond acceptors (Lipinski definition) is 5. The molecule has 1 aliphatic heterocycles. The molecule has 1 fully saturated rings. The first kappa shape index (κ1) is 12.5. The summed E-state index contributed by atoms with van der Waals surface area (Å²) < 4.78 is 6.33. The van der Waals surface area contributed by atoms with Gasteiger partial charge in [0.2, 0.25) is 0 Å². The highest BCUT2D eigenvalue weighted by Gasteiger charge is 2.19. The lowest BCUT2D eigenvalue weighted by molar-refractivity contribution is 0.0591. The van der Waals surface area contributed by atoms with Gasteiger partial charge < -0.3 is 4.74 Å². The molecule has 0 spiro atoms. The van der Waals surface area contributed by atoms with Crippen LogP contribution in [0.5, 0.6) is 0 Å². The molecule has 0 aromatic carbocycles. The summed E-state index contributed by atoms with van der Waals surface area (Å²) in [5.74, 6) is 1.64. The molecule has 1 aliphatic rings. The number of ether oxygens (including phenoxy) is 1. The highest BCUT2D eigenvalue weighted by atomic mass is 32.2. The maximum Gasteiger partial charge on any atom is 0.356 e. The number of carbonyl (C=O) groups is 1. The molecule has 3 rings (SSSR count). The lowest BCUT2D eigenvalue weighted by Gasteiger charge is -2.03. The number of fused-ring (bicyclic) bond motifs is 1. The second-order valence-corrected chi connectivity index (χ2v) is 5.95. The summed E-state index contributed by atoms with van der Waals surface area (Å²) in [6.07, 6.45) is 3.37. The van der Waals surface area contributed by atoms with Crippen molar-refractivity contribution < 1.29 is 9.53 Å². The molecular formula is C13H15N3O2S. The Labute approximate surface area is 115 Å². The molecule has 1 unspecified atom stereocenters. The first-order valence-corrected chi connectivity index (χ1v) is 7.37. The van der Waals surface area contributed by atoms with Crippen molar-refractivity contribution in [3.63, 3.8) is 0 Å². The van der Waals surface area contributed by atoms with Crippen molar-refractivity contribution in [3.8, 4) is 0 Å². The van der Waals surface area contributed by atoms with E-state index in [-0.39, 0.29) is 0 Å². The van der Waals surface area contributed by atoms with Crippen molar-refractivity contribution in [2.75, 3.05) is 12.9 Å². The average Bonchev–Trinajstić information content (AvgIpc) is 3.06. The molecule has 0 bridgehead atoms. The predicted octanol–water partition coefficient (Wildman–Crippen LogP) is 1.95. The lowest BCUT2D eigenvalue weighted by atomic mass is 10.2. The molecule has 100 valence electrons. The van der Waals surface area contributed by atoms with Crippen LogP contribution in [0.4, 0.5) is 0 Å². The zero-order valence-electron chi connectivity index (χ0n) is 10.7. The molecule has 0 saturated carbocycles. The quantitative estimate of drug-likeness (QED) is 0.803. The molecule has 2 aromatic rings. The minimum Gasteiger partial charge on any atom is -0.464 e. The molecule has 0 radical (unpaired) electrons. The number of aromatic nitrogens is 3. The van der Waals surface area contributed by atoms with Crippen molar-refractivity contribution in [2.45, 2.75) is 24.5 Å². The molecule has 19 heavy (non-hydrogen) atoms. The molecule has 6 heteroatoms. The van der Waals surface area contributed by atoms with Gasteiger partial charge in [0.05, 0.1) is 7.11 Å². The Morgan fingerprint density at radius 2 is 2.47 bits per heavy atom. The van der Waals surface area contributed by atoms with Crippen LogP contribution in [-0.2, 0) is 11.2 Å². The van der Waals surface area contributed by atoms with Gasteiger partial charge in [-0.15, -0.1) is 0 Å². The lowest BCUT2D eigenvalue weighted by Crippen LogP contribution is -2.09. The Bertz CT molecular complexity index is 605. The summed E-state index contributed by atoms with van der Waals surface area (Å²) in [6.45, 7) is 0. The minimum atomic E-state index is -0.391. The molecule has 1 saturated heterocycles. The van der Waals surface area contributed by atoms with E-state index in [1.807, 2.05) is 17.8 Å². The van der Waals surface area contributed by atoms with E-state index in [1.54, 1.807) is 16.6 Å². The Balaban J connectivity index is 1.93. The maximum atomic E-state index is 11.7. The van der Waals surface area contributed by atoms with Crippen LogP contribution in [0.15, 0.2) is 18.2 Å². The molecule has 2 aromatic heterocycles. The summed E-state index contributed by atoms with van der Waals surface area (Å²) in [6, 6.07) is 5.34. The van der Waals surface area contributed by atoms with Crippen molar-refractivity contribution >= 4 is 23.4 Å². The number of hydrogen-bond donors (Lipinski definition) is 0. The monoisotopic (exact) mass is 277 g/mol. The first-order valence-electron chi connectivity index (χ1n) is 6.32. The Morgan fingerprint density at radius 1 is 1.58 bits per heavy atom. The maximum absolute atomic E-state index is 11.7. The van der Waals surface area contributed by atoms with E-state index < -0.39 is 5.97 Å². The third-order valence-electron chi connectivity index (χ3n) is 3.23. The van der Waals surface area contributed by atoms with Gasteiger partial charge in [0.15, 0.2) is 17.2 Å². The van der Waals surface area contributed by atoms with Gasteiger partial charge in [0, 0.05) is 11.7 Å². The first-order chi connectivity index (χ1) is 9.28. The highest BCUT2D eigenvalue weighted by molar-refractivity contribution is 8.00. The van der Waals surface area contributed by atoms with Crippen LogP contribution < -0.4 is 0 Å². The fourth-order valence-corrected chi connectivity index (χ4v) is 3.57. The number of rotatable bonds is 3. The smallest absolute Gasteiger partial charge is 0.356 e. The van der Waals surface area contributed by atoms with Crippen LogP contribution >= 0.6 is 11.8 Å². The van der Waals surface area contributed by atoms with Gasteiger partial charge in [-0.3, -0.25) is 0 Å². The predicted molar refractivity (Wildman–Crippen MR) is 73.5 cm³/mol. The van der Waals surface area contributed by atoms with Crippen molar-refractivity contribution in [1.82, 2.24) is 14.6 Å². The van der Waals surface area contributed by atoms with Crippen molar-refractivity contribution in [1.29, 1.82) is 0 Å². The Hall–Kier alpha value is -1.56. The number of nitrogens with zero attached hydrogens (tertiary/aromatic N) is 3. The summed E-state index contributed by atoms with van der Waals surface area (Å²) in [5, 5.41) is 5.05. The summed E-state index contributed by atoms with van der Waals surface area (Å²) in [7, 11) is 1.37. The fraction of sp³-hybridized carbons (Fsp3) is 0.462. The second kappa shape index (κ2) is 5.21. The average molecular weight is 277 g/mol. The van der Waals surface area contributed by atoms with Gasteiger partial charge in [-0.25, -0.2) is 14.3 Å². The zero-order chi connectivity index (χ0) is 13.2. The topological polar surface area (TPSA) is 56.5 Å². The van der Waals surface area contributed by atoms with E-state index in [9.17, 15) is 4.79 Å². The van der Waals surface area contributed by atoms with Gasteiger partial charge in [-0.1, -0.05) is 6.07 Å². The molecule has 3 heterocycles. The van der Waals surface area contributed by atoms with E-state index in [2.05, 4.69) is 10.1 Å². The number of esters is 1. The molecule has 0 aliphatic carbocycles. The SMILES string of the molecule is COC(=O)c1cccc2nc(CC3CCCS3)nn12. The largest absolute Gasteiger partial charge is 0.464 e. The van der Waals surface area contributed by atoms with Crippen LogP contribution in [0.2, 0.25) is 0 Å². The fourth-order valence-electron chi connectivity index (χ4n) is 2.30. The van der Waals surface area contributed by atoms with E-state index in [1.165, 1.54) is 25.7 Å². The molecular weight excluding hydrogens is 262 g/mol. The zero-order valence-corrected chi connectivity index (χ0v) is 11.5. The van der Waals surface area contributed by atoms with Gasteiger partial charge in [0.1, 0.15) is 0 Å². The minimum absolute atomic E-state index is 0.391. The third-order valence-corrected chi connectivity index (χ3v) is 4.63. The molecule has 0 N–H and O–H groups in total. The van der Waals surface area contributed by atoms with Gasteiger partial charge >= 0.3 is 5.97 Å². The van der Waals surface area contributed by atoms with E-state index in [4.69, 9.17) is 4.74 Å². The van der Waals surface area contributed by atoms with E-state index >= 15 is 0 Å². The summed E-state index contributed by atoms with van der Waals surface area (Å²) in [5.41, 5.74) is 1.11. The Morgan fingerprint density at radius 3 is 3.21 bits per heavy atom. The number of pyridine rings is 1. The van der Waals surface area contributed by atoms with Gasteiger partial charge in [-0.2, -0.15) is 16.9 Å². The number of carbonyl (C=O) groups excluding carboxylic acids is 1. The molecule has 5 nitrogen and oxygen atoms in total. The summed E-state index contributed by atoms with van der Waals surface area (Å²) in [4.78, 5) is 16.2. The molecule has 1 atom stereocenters. The summed E-state index contributed by atoms with van der Waals surface area (Å²) >= 11 is 1.98. The van der Waals surface area contributed by atoms with Crippen LogP contribution in [0.25, 0.3) is 5.65 Å². The second-order valence-electron chi connectivity index (χ2n) is 4.54. The van der Waals surface area contributed by atoms with Crippen LogP contribution in [0, 0.1) is 0 Å². The number of methoxy groups -OCH3 is 1. The standard InChI is InChI=1S/C13H15N3O2S/c1-18-13(17)10-5-2-6-12-14-11(15-16(10)12)8-9-4-3-7-19-9/h2,5-6,9H,3-4,7-8H2,1H3.